The largest absolute Gasteiger partial charge is 0.494 e. The highest BCUT2D eigenvalue weighted by Gasteiger charge is 2.52. The second-order valence-corrected chi connectivity index (χ2v) is 25.3. The number of Topliss-reactive ketones (excluding diaryl/α,β-unsaturated/α-hetero) is 2. The molecular formula is C60H78BClN18O6. The van der Waals surface area contributed by atoms with Gasteiger partial charge in [0.25, 0.3) is 11.8 Å². The lowest BCUT2D eigenvalue weighted by atomic mass is 9.76. The maximum absolute atomic E-state index is 13.2. The first kappa shape index (κ1) is 62.8. The minimum absolute atomic E-state index is 0.0489. The summed E-state index contributed by atoms with van der Waals surface area (Å²) in [7, 11) is 3.28. The monoisotopic (exact) mass is 1190 g/mol. The van der Waals surface area contributed by atoms with Gasteiger partial charge in [-0.05, 0) is 124 Å². The zero-order chi connectivity index (χ0) is 61.7. The summed E-state index contributed by atoms with van der Waals surface area (Å²) in [6.45, 7) is 30.0. The van der Waals surface area contributed by atoms with Gasteiger partial charge in [0.2, 0.25) is 28.7 Å². The first-order chi connectivity index (χ1) is 40.7. The number of ketones is 2. The molecule has 0 unspecified atom stereocenters. The van der Waals surface area contributed by atoms with Gasteiger partial charge in [-0.15, -0.1) is 0 Å². The van der Waals surface area contributed by atoms with Gasteiger partial charge in [-0.3, -0.25) is 28.8 Å². The lowest BCUT2D eigenvalue weighted by Crippen LogP contribution is -2.41. The summed E-state index contributed by atoms with van der Waals surface area (Å²) in [6, 6.07) is 16.3. The average Bonchev–Trinajstić information content (AvgIpc) is 2.72. The van der Waals surface area contributed by atoms with Gasteiger partial charge in [0.15, 0.2) is 29.1 Å². The van der Waals surface area contributed by atoms with Crippen molar-refractivity contribution in [1.82, 2.24) is 79.5 Å². The second-order valence-electron chi connectivity index (χ2n) is 25.0. The number of hydrogen-bond acceptors (Lipinski definition) is 22. The van der Waals surface area contributed by atoms with Crippen molar-refractivity contribution in [2.45, 2.75) is 156 Å². The summed E-state index contributed by atoms with van der Waals surface area (Å²) in [5.74, 6) is 3.91. The van der Waals surface area contributed by atoms with Gasteiger partial charge >= 0.3 is 7.12 Å². The smallest absolute Gasteiger partial charge is 0.399 e. The number of nitrogens with one attached hydrogen (secondary N) is 2. The summed E-state index contributed by atoms with van der Waals surface area (Å²) in [5.41, 5.74) is 5.37. The van der Waals surface area contributed by atoms with E-state index in [0.717, 1.165) is 68.7 Å². The first-order valence-corrected chi connectivity index (χ1v) is 29.5. The highest BCUT2D eigenvalue weighted by molar-refractivity contribution is 6.62. The maximum Gasteiger partial charge on any atom is 0.494 e. The van der Waals surface area contributed by atoms with E-state index in [4.69, 9.17) is 30.0 Å². The molecule has 11 rings (SSSR count). The maximum atomic E-state index is 13.2. The number of halogens is 1. The van der Waals surface area contributed by atoms with Crippen LogP contribution in [0.5, 0.6) is 0 Å². The molecular weight excluding hydrogens is 1120 g/mol. The minimum atomic E-state index is -0.400. The number of rotatable bonds is 14. The van der Waals surface area contributed by atoms with Gasteiger partial charge in [0, 0.05) is 80.9 Å². The Morgan fingerprint density at radius 3 is 1.57 bits per heavy atom. The van der Waals surface area contributed by atoms with E-state index in [1.54, 1.807) is 15.4 Å². The molecule has 8 aromatic rings. The molecule has 454 valence electrons. The van der Waals surface area contributed by atoms with E-state index in [1.807, 2.05) is 80.2 Å². The molecule has 1 saturated heterocycles. The molecule has 0 bridgehead atoms. The van der Waals surface area contributed by atoms with E-state index in [-0.39, 0.29) is 62.5 Å². The highest BCUT2D eigenvalue weighted by Crippen LogP contribution is 2.39. The second kappa shape index (κ2) is 26.1. The zero-order valence-electron chi connectivity index (χ0n) is 51.7. The fraction of sp³-hybridized carbons (Fsp3) is 0.500. The van der Waals surface area contributed by atoms with Gasteiger partial charge in [-0.1, -0.05) is 96.0 Å². The Morgan fingerprint density at radius 2 is 1.12 bits per heavy atom. The molecule has 24 nitrogen and oxygen atoms in total. The number of nitrogens with zero attached hydrogens (tertiary/aromatic N) is 16. The van der Waals surface area contributed by atoms with Crippen LogP contribution in [0.4, 0.5) is 23.5 Å². The number of carbonyl (C=O) groups excluding carboxylic acids is 2. The number of aryl methyl sites for hydroxylation is 2. The van der Waals surface area contributed by atoms with E-state index in [9.17, 15) is 9.59 Å². The highest BCUT2D eigenvalue weighted by atomic mass is 35.5. The fourth-order valence-electron chi connectivity index (χ4n) is 10.1. The van der Waals surface area contributed by atoms with Crippen molar-refractivity contribution in [3.05, 3.63) is 125 Å². The van der Waals surface area contributed by atoms with Gasteiger partial charge < -0.3 is 29.0 Å². The Hall–Kier alpha value is -7.71. The van der Waals surface area contributed by atoms with Gasteiger partial charge in [0.1, 0.15) is 12.7 Å². The third-order valence-electron chi connectivity index (χ3n) is 15.8. The van der Waals surface area contributed by atoms with Crippen molar-refractivity contribution in [2.24, 2.45) is 14.1 Å². The van der Waals surface area contributed by atoms with Crippen LogP contribution >= 0.6 is 11.6 Å². The number of carbonyl (C=O) groups is 2. The van der Waals surface area contributed by atoms with Crippen LogP contribution in [0.25, 0.3) is 11.4 Å². The lowest BCUT2D eigenvalue weighted by Gasteiger charge is -2.32. The molecule has 1 fully saturated rings. The Bertz CT molecular complexity index is 3630. The van der Waals surface area contributed by atoms with Crippen LogP contribution in [0.1, 0.15) is 176 Å². The van der Waals surface area contributed by atoms with E-state index in [0.29, 0.717) is 53.8 Å². The quantitative estimate of drug-likeness (QED) is 0.0757. The van der Waals surface area contributed by atoms with Gasteiger partial charge in [-0.25, -0.2) is 19.9 Å². The fourth-order valence-corrected chi connectivity index (χ4v) is 10.2. The van der Waals surface area contributed by atoms with Gasteiger partial charge in [-0.2, -0.15) is 30.1 Å². The van der Waals surface area contributed by atoms with Crippen molar-refractivity contribution in [3.8, 4) is 11.4 Å². The normalized spacial score (nSPS) is 17.7. The van der Waals surface area contributed by atoms with E-state index in [1.165, 1.54) is 29.3 Å². The molecule has 0 saturated carbocycles. The summed E-state index contributed by atoms with van der Waals surface area (Å²) >= 11 is 5.59. The Kier molecular flexibility index (Phi) is 19.1. The number of hydrogen-bond donors (Lipinski definition) is 2. The molecule has 9 heterocycles. The van der Waals surface area contributed by atoms with Crippen LogP contribution in [0.3, 0.4) is 0 Å². The molecule has 0 spiro atoms. The summed E-state index contributed by atoms with van der Waals surface area (Å²) in [4.78, 5) is 64.5. The van der Waals surface area contributed by atoms with Crippen molar-refractivity contribution >= 4 is 59.3 Å². The molecule has 2 N–H and O–H groups in total. The number of aromatic nitrogens is 14. The van der Waals surface area contributed by atoms with Crippen molar-refractivity contribution in [1.29, 1.82) is 0 Å². The SMILES string of the molecule is CCN1CC[C@@H](CC(=O)c2nc(C(C)(C)C)no2)c2ccc(-c3ncnc(Nc4ccn(C)n4)n3)cc2C1.CCN1CC[C@@H](CC(=O)c2nc(C(C)(C)C)no2)c2ccc(B3OC(C)(C)C(C)(C)O3)cc2C1.Cn1ccc(Nc2ncnc(Cl)n2)n1. The molecule has 3 aliphatic heterocycles. The molecule has 2 aromatic carbocycles. The average molecular weight is 1190 g/mol. The summed E-state index contributed by atoms with van der Waals surface area (Å²) in [5, 5.41) is 22.6. The van der Waals surface area contributed by atoms with E-state index < -0.39 is 7.12 Å². The third-order valence-corrected chi connectivity index (χ3v) is 16.0. The lowest BCUT2D eigenvalue weighted by molar-refractivity contribution is 0.00578. The van der Waals surface area contributed by atoms with E-state index >= 15 is 0 Å². The Morgan fingerprint density at radius 1 is 0.640 bits per heavy atom. The topological polar surface area (TPSA) is 274 Å². The predicted molar refractivity (Wildman–Crippen MR) is 326 cm³/mol. The summed E-state index contributed by atoms with van der Waals surface area (Å²) in [6.07, 6.45) is 8.94. The molecule has 0 radical (unpaired) electrons. The first-order valence-electron chi connectivity index (χ1n) is 29.1. The van der Waals surface area contributed by atoms with Crippen LogP contribution in [0, 0.1) is 0 Å². The van der Waals surface area contributed by atoms with Gasteiger partial charge in [0.05, 0.1) is 11.2 Å². The van der Waals surface area contributed by atoms with Crippen LogP contribution in [-0.4, -0.2) is 136 Å². The molecule has 3 aliphatic rings. The summed E-state index contributed by atoms with van der Waals surface area (Å²) < 4.78 is 26.6. The van der Waals surface area contributed by atoms with Crippen molar-refractivity contribution in [3.63, 3.8) is 0 Å². The number of anilines is 4. The number of fused-ring (bicyclic) bond motifs is 2. The standard InChI is InChI=1S/C27H33N9O2.C26H38BN3O4.C7H7ClN6/c1-6-36-12-9-17(14-21(37)24-32-25(34-38-24)27(2,3)4)20-8-7-18(13-19(20)15-36)23-28-16-29-26(31-23)30-22-10-11-35(5)33-22;1-9-30-13-12-17(15-21(31)22-28-23(29-32-22)24(2,3)4)20-11-10-19(14-18(20)16-30)27-33-25(5,6)26(7,8)34-27;1-14-3-2-5(13-14)11-7-10-4-9-6(8)12-7/h7-8,10-11,13,16-17H,6,9,12,14-15H2,1-5H3,(H,28,29,30,31,33);10-11,14,17H,9,12-13,15-16H2,1-8H3;2-4H,1H3,(H,9,10,11,12,13)/t2*17-;/m00./s1. The Labute approximate surface area is 507 Å². The molecule has 26 heteroatoms. The van der Waals surface area contributed by atoms with Crippen LogP contribution in [-0.2, 0) is 47.3 Å². The minimum Gasteiger partial charge on any atom is -0.399 e. The van der Waals surface area contributed by atoms with Crippen molar-refractivity contribution in [2.75, 3.05) is 36.8 Å². The molecule has 2 atom stereocenters. The third kappa shape index (κ3) is 15.5. The Balaban J connectivity index is 0.000000169. The van der Waals surface area contributed by atoms with Crippen molar-refractivity contribution < 1.29 is 27.9 Å². The molecule has 6 aromatic heterocycles. The molecule has 0 aliphatic carbocycles. The van der Waals surface area contributed by atoms with E-state index in [2.05, 4.69) is 153 Å². The van der Waals surface area contributed by atoms with Crippen LogP contribution < -0.4 is 16.1 Å². The molecule has 0 amide bonds. The van der Waals surface area contributed by atoms with Crippen LogP contribution in [0.2, 0.25) is 5.28 Å². The molecule has 86 heavy (non-hydrogen) atoms. The number of benzene rings is 2. The predicted octanol–water partition coefficient (Wildman–Crippen LogP) is 9.53. The zero-order valence-corrected chi connectivity index (χ0v) is 52.5. The van der Waals surface area contributed by atoms with Crippen LogP contribution in [0.15, 0.2) is 82.6 Å².